The Balaban J connectivity index is 1.48. The van der Waals surface area contributed by atoms with E-state index in [9.17, 15) is 32.6 Å². The van der Waals surface area contributed by atoms with E-state index in [1.807, 2.05) is 0 Å². The molecule has 0 aromatic heterocycles. The minimum absolute atomic E-state index is 0.0794. The highest BCUT2D eigenvalue weighted by molar-refractivity contribution is 7.92. The summed E-state index contributed by atoms with van der Waals surface area (Å²) in [5, 5.41) is 22.1. The van der Waals surface area contributed by atoms with Crippen LogP contribution in [-0.4, -0.2) is 35.4 Å². The number of alkyl halides is 1. The SMILES string of the molecule is O=C(Nc1ccc(O)c(NS(=O)(=O)c2ccc(F)cc2)c1)c1ccc(C2=CC=CC(Cl)(C(=O)O)C2)cc1. The molecule has 1 atom stereocenters. The average molecular weight is 543 g/mol. The van der Waals surface area contributed by atoms with Crippen LogP contribution in [0.4, 0.5) is 15.8 Å². The minimum Gasteiger partial charge on any atom is -0.506 e. The zero-order valence-electron chi connectivity index (χ0n) is 19.0. The van der Waals surface area contributed by atoms with Gasteiger partial charge in [-0.05, 0) is 65.7 Å². The van der Waals surface area contributed by atoms with E-state index in [0.717, 1.165) is 24.3 Å². The first-order chi connectivity index (χ1) is 17.5. The first-order valence-corrected chi connectivity index (χ1v) is 12.7. The van der Waals surface area contributed by atoms with Crippen molar-refractivity contribution < 1.29 is 32.6 Å². The van der Waals surface area contributed by atoms with E-state index in [2.05, 4.69) is 10.0 Å². The number of carbonyl (C=O) groups excluding carboxylic acids is 1. The number of aliphatic carboxylic acids is 1. The molecule has 0 bridgehead atoms. The molecule has 1 unspecified atom stereocenters. The van der Waals surface area contributed by atoms with Crippen molar-refractivity contribution in [2.45, 2.75) is 16.2 Å². The van der Waals surface area contributed by atoms with Crippen LogP contribution in [0.25, 0.3) is 5.57 Å². The van der Waals surface area contributed by atoms with Gasteiger partial charge in [0.05, 0.1) is 10.6 Å². The Bertz CT molecular complexity index is 1540. The van der Waals surface area contributed by atoms with Crippen molar-refractivity contribution in [3.05, 3.63) is 102 Å². The van der Waals surface area contributed by atoms with E-state index in [4.69, 9.17) is 11.6 Å². The topological polar surface area (TPSA) is 133 Å². The zero-order chi connectivity index (χ0) is 26.8. The molecule has 3 aromatic carbocycles. The van der Waals surface area contributed by atoms with Crippen molar-refractivity contribution in [2.24, 2.45) is 0 Å². The Kier molecular flexibility index (Phi) is 7.06. The lowest BCUT2D eigenvalue weighted by Gasteiger charge is -2.23. The summed E-state index contributed by atoms with van der Waals surface area (Å²) in [6, 6.07) is 14.4. The number of halogens is 2. The van der Waals surface area contributed by atoms with Gasteiger partial charge in [0.25, 0.3) is 15.9 Å². The summed E-state index contributed by atoms with van der Waals surface area (Å²) < 4.78 is 40.5. The fourth-order valence-electron chi connectivity index (χ4n) is 3.61. The number of phenols is 1. The van der Waals surface area contributed by atoms with Crippen LogP contribution >= 0.6 is 11.6 Å². The van der Waals surface area contributed by atoms with Crippen molar-refractivity contribution in [3.63, 3.8) is 0 Å². The first-order valence-electron chi connectivity index (χ1n) is 10.8. The smallest absolute Gasteiger partial charge is 0.329 e. The van der Waals surface area contributed by atoms with Gasteiger partial charge in [-0.2, -0.15) is 0 Å². The lowest BCUT2D eigenvalue weighted by molar-refractivity contribution is -0.138. The van der Waals surface area contributed by atoms with Crippen LogP contribution in [0.5, 0.6) is 5.75 Å². The molecule has 1 aliphatic rings. The first kappa shape index (κ1) is 25.9. The van der Waals surface area contributed by atoms with E-state index in [-0.39, 0.29) is 34.0 Å². The number of anilines is 2. The summed E-state index contributed by atoms with van der Waals surface area (Å²) in [6.45, 7) is 0. The minimum atomic E-state index is -4.12. The van der Waals surface area contributed by atoms with Gasteiger partial charge in [-0.1, -0.05) is 30.4 Å². The number of carboxylic acids is 1. The molecule has 0 spiro atoms. The number of allylic oxidation sites excluding steroid dienone is 3. The van der Waals surface area contributed by atoms with Crippen molar-refractivity contribution in [3.8, 4) is 5.75 Å². The van der Waals surface area contributed by atoms with Gasteiger partial charge in [-0.25, -0.2) is 17.6 Å². The van der Waals surface area contributed by atoms with Crippen LogP contribution in [0.3, 0.4) is 0 Å². The summed E-state index contributed by atoms with van der Waals surface area (Å²) >= 11 is 6.16. The molecule has 0 saturated carbocycles. The second-order valence-corrected chi connectivity index (χ2v) is 10.6. The fourth-order valence-corrected chi connectivity index (χ4v) is 4.89. The molecule has 4 N–H and O–H groups in total. The van der Waals surface area contributed by atoms with Crippen LogP contribution < -0.4 is 10.0 Å². The average Bonchev–Trinajstić information content (AvgIpc) is 2.86. The third-order valence-electron chi connectivity index (χ3n) is 5.60. The molecule has 0 radical (unpaired) electrons. The molecule has 1 aliphatic carbocycles. The maximum Gasteiger partial charge on any atom is 0.329 e. The molecule has 37 heavy (non-hydrogen) atoms. The molecule has 8 nitrogen and oxygen atoms in total. The highest BCUT2D eigenvalue weighted by Crippen LogP contribution is 2.35. The highest BCUT2D eigenvalue weighted by Gasteiger charge is 2.36. The predicted octanol–water partition coefficient (Wildman–Crippen LogP) is 4.99. The number of amides is 1. The molecule has 3 aromatic rings. The second kappa shape index (κ2) is 10.1. The van der Waals surface area contributed by atoms with E-state index >= 15 is 0 Å². The maximum atomic E-state index is 13.1. The van der Waals surface area contributed by atoms with Crippen molar-refractivity contribution in [1.29, 1.82) is 0 Å². The standard InChI is InChI=1S/C26H20ClFN2O6S/c27-26(25(33)34)13-1-2-18(15-26)16-3-5-17(6-4-16)24(32)29-20-9-12-23(31)22(14-20)30-37(35,36)21-10-7-19(28)8-11-21/h1-14,30-31H,15H2,(H,29,32)(H,33,34). The van der Waals surface area contributed by atoms with Crippen LogP contribution in [0.1, 0.15) is 22.3 Å². The molecule has 4 rings (SSSR count). The number of phenolic OH excluding ortho intramolecular Hbond substituents is 1. The fraction of sp³-hybridized carbons (Fsp3) is 0.0769. The number of carbonyl (C=O) groups is 2. The number of nitrogens with one attached hydrogen (secondary N) is 2. The van der Waals surface area contributed by atoms with Crippen LogP contribution in [0.15, 0.2) is 89.9 Å². The maximum absolute atomic E-state index is 13.1. The lowest BCUT2D eigenvalue weighted by atomic mass is 9.89. The number of hydrogen-bond acceptors (Lipinski definition) is 5. The van der Waals surface area contributed by atoms with Gasteiger partial charge < -0.3 is 15.5 Å². The third kappa shape index (κ3) is 5.82. The number of benzene rings is 3. The zero-order valence-corrected chi connectivity index (χ0v) is 20.6. The van der Waals surface area contributed by atoms with Gasteiger partial charge in [0, 0.05) is 17.7 Å². The van der Waals surface area contributed by atoms with Crippen LogP contribution in [0.2, 0.25) is 0 Å². The molecule has 0 heterocycles. The quantitative estimate of drug-likeness (QED) is 0.189. The highest BCUT2D eigenvalue weighted by atomic mass is 35.5. The van der Waals surface area contributed by atoms with E-state index in [0.29, 0.717) is 11.1 Å². The lowest BCUT2D eigenvalue weighted by Crippen LogP contribution is -2.31. The molecule has 0 saturated heterocycles. The van der Waals surface area contributed by atoms with E-state index in [1.54, 1.807) is 36.4 Å². The number of rotatable bonds is 7. The van der Waals surface area contributed by atoms with Gasteiger partial charge in [0.15, 0.2) is 4.87 Å². The summed E-state index contributed by atoms with van der Waals surface area (Å²) in [6.07, 6.45) is 4.82. The Morgan fingerprint density at radius 2 is 1.68 bits per heavy atom. The van der Waals surface area contributed by atoms with Crippen LogP contribution in [-0.2, 0) is 14.8 Å². The third-order valence-corrected chi connectivity index (χ3v) is 7.40. The number of carboxylic acid groups (broad SMARTS) is 1. The van der Waals surface area contributed by atoms with Crippen molar-refractivity contribution in [1.82, 2.24) is 0 Å². The molecule has 1 amide bonds. The Hall–Kier alpha value is -4.15. The Labute approximate surface area is 216 Å². The van der Waals surface area contributed by atoms with Gasteiger partial charge in [-0.3, -0.25) is 9.52 Å². The number of hydrogen-bond donors (Lipinski definition) is 4. The van der Waals surface area contributed by atoms with Crippen molar-refractivity contribution in [2.75, 3.05) is 10.0 Å². The molecule has 0 aliphatic heterocycles. The summed E-state index contributed by atoms with van der Waals surface area (Å²) in [5.41, 5.74) is 1.71. The molecule has 11 heteroatoms. The molecular weight excluding hydrogens is 523 g/mol. The largest absolute Gasteiger partial charge is 0.506 e. The second-order valence-electron chi connectivity index (χ2n) is 8.22. The van der Waals surface area contributed by atoms with Gasteiger partial charge >= 0.3 is 5.97 Å². The number of sulfonamides is 1. The van der Waals surface area contributed by atoms with Gasteiger partial charge in [0.2, 0.25) is 0 Å². The van der Waals surface area contributed by atoms with Crippen LogP contribution in [0, 0.1) is 5.82 Å². The molecule has 0 fully saturated rings. The summed E-state index contributed by atoms with van der Waals surface area (Å²) in [4.78, 5) is 22.5. The Morgan fingerprint density at radius 3 is 2.32 bits per heavy atom. The van der Waals surface area contributed by atoms with Crippen molar-refractivity contribution >= 4 is 50.4 Å². The molecule has 190 valence electrons. The monoisotopic (exact) mass is 542 g/mol. The van der Waals surface area contributed by atoms with Gasteiger partial charge in [-0.15, -0.1) is 11.6 Å². The molecular formula is C26H20ClFN2O6S. The van der Waals surface area contributed by atoms with Gasteiger partial charge in [0.1, 0.15) is 11.6 Å². The summed E-state index contributed by atoms with van der Waals surface area (Å²) in [7, 11) is -4.12. The predicted molar refractivity (Wildman–Crippen MR) is 138 cm³/mol. The Morgan fingerprint density at radius 1 is 1.00 bits per heavy atom. The van der Waals surface area contributed by atoms with E-state index < -0.39 is 32.6 Å². The number of aromatic hydroxyl groups is 1. The normalized spacial score (nSPS) is 17.1. The van der Waals surface area contributed by atoms with E-state index in [1.165, 1.54) is 24.3 Å². The summed E-state index contributed by atoms with van der Waals surface area (Å²) in [5.74, 6) is -2.63.